The zero-order valence-electron chi connectivity index (χ0n) is 7.93. The lowest BCUT2D eigenvalue weighted by molar-refractivity contribution is 0.405. The van der Waals surface area contributed by atoms with E-state index in [0.29, 0.717) is 11.3 Å². The molecule has 2 saturated heterocycles. The largest absolute Gasteiger partial charge is 0.216 e. The van der Waals surface area contributed by atoms with Gasteiger partial charge in [-0.05, 0) is 20.3 Å². The normalized spacial score (nSPS) is 34.7. The molecule has 0 amide bonds. The fourth-order valence-electron chi connectivity index (χ4n) is 1.95. The smallest absolute Gasteiger partial charge is 0.212 e. The van der Waals surface area contributed by atoms with Gasteiger partial charge in [0.1, 0.15) is 0 Å². The number of sulfonamides is 1. The summed E-state index contributed by atoms with van der Waals surface area (Å²) >= 11 is 1.92. The number of fused-ring (bicyclic) bond motifs is 2. The van der Waals surface area contributed by atoms with Crippen LogP contribution in [-0.4, -0.2) is 41.6 Å². The Morgan fingerprint density at radius 1 is 1.46 bits per heavy atom. The summed E-state index contributed by atoms with van der Waals surface area (Å²) in [6.45, 7) is 4.26. The molecule has 0 N–H and O–H groups in total. The van der Waals surface area contributed by atoms with Gasteiger partial charge in [-0.2, -0.15) is 16.1 Å². The molecule has 0 aromatic carbocycles. The molecule has 2 aliphatic heterocycles. The summed E-state index contributed by atoms with van der Waals surface area (Å²) in [5.74, 6) is 0.997. The van der Waals surface area contributed by atoms with Crippen molar-refractivity contribution in [3.63, 3.8) is 0 Å². The minimum absolute atomic E-state index is 0.267. The first-order valence-corrected chi connectivity index (χ1v) is 7.19. The summed E-state index contributed by atoms with van der Waals surface area (Å²) in [4.78, 5) is 0. The van der Waals surface area contributed by atoms with E-state index in [1.165, 1.54) is 0 Å². The second kappa shape index (κ2) is 3.14. The molecule has 2 rings (SSSR count). The van der Waals surface area contributed by atoms with Crippen molar-refractivity contribution in [2.75, 3.05) is 12.3 Å². The summed E-state index contributed by atoms with van der Waals surface area (Å²) in [5.41, 5.74) is 0. The van der Waals surface area contributed by atoms with Gasteiger partial charge in [-0.3, -0.25) is 0 Å². The number of nitrogens with zero attached hydrogens (tertiary/aromatic N) is 1. The van der Waals surface area contributed by atoms with E-state index in [4.69, 9.17) is 0 Å². The molecule has 0 aliphatic carbocycles. The number of rotatable bonds is 2. The Morgan fingerprint density at radius 2 is 2.15 bits per heavy atom. The third-order valence-electron chi connectivity index (χ3n) is 2.77. The first-order valence-electron chi connectivity index (χ1n) is 4.64. The van der Waals surface area contributed by atoms with Crippen molar-refractivity contribution >= 4 is 21.8 Å². The Kier molecular flexibility index (Phi) is 2.37. The topological polar surface area (TPSA) is 37.4 Å². The van der Waals surface area contributed by atoms with E-state index in [1.54, 1.807) is 18.2 Å². The van der Waals surface area contributed by atoms with Crippen LogP contribution in [0.25, 0.3) is 0 Å². The van der Waals surface area contributed by atoms with Crippen LogP contribution in [-0.2, 0) is 10.0 Å². The van der Waals surface area contributed by atoms with Crippen molar-refractivity contribution in [3.05, 3.63) is 0 Å². The number of hydrogen-bond acceptors (Lipinski definition) is 3. The van der Waals surface area contributed by atoms with Crippen LogP contribution in [0.2, 0.25) is 0 Å². The van der Waals surface area contributed by atoms with E-state index in [0.717, 1.165) is 18.7 Å². The summed E-state index contributed by atoms with van der Waals surface area (Å²) in [5, 5.41) is 0.301. The molecule has 2 fully saturated rings. The molecule has 13 heavy (non-hydrogen) atoms. The molecular formula is C8H15NO2S2. The molecule has 2 bridgehead atoms. The summed E-state index contributed by atoms with van der Waals surface area (Å²) < 4.78 is 25.4. The van der Waals surface area contributed by atoms with Crippen molar-refractivity contribution in [3.8, 4) is 0 Å². The Labute approximate surface area is 83.9 Å². The molecule has 0 spiro atoms. The average molecular weight is 221 g/mol. The van der Waals surface area contributed by atoms with E-state index in [9.17, 15) is 8.42 Å². The molecule has 2 unspecified atom stereocenters. The molecule has 2 aliphatic rings. The van der Waals surface area contributed by atoms with Crippen LogP contribution in [0.4, 0.5) is 0 Å². The quantitative estimate of drug-likeness (QED) is 0.695. The molecule has 2 heterocycles. The molecule has 0 aromatic heterocycles. The van der Waals surface area contributed by atoms with E-state index < -0.39 is 10.0 Å². The van der Waals surface area contributed by atoms with Crippen LogP contribution >= 0.6 is 11.8 Å². The average Bonchev–Trinajstić information content (AvgIpc) is 2.63. The van der Waals surface area contributed by atoms with Gasteiger partial charge in [0.05, 0.1) is 5.25 Å². The van der Waals surface area contributed by atoms with Crippen LogP contribution < -0.4 is 0 Å². The maximum atomic E-state index is 11.8. The summed E-state index contributed by atoms with van der Waals surface area (Å²) in [6.07, 6.45) is 1.07. The van der Waals surface area contributed by atoms with E-state index in [1.807, 2.05) is 11.8 Å². The van der Waals surface area contributed by atoms with Crippen molar-refractivity contribution in [2.45, 2.75) is 36.8 Å². The minimum atomic E-state index is -2.99. The van der Waals surface area contributed by atoms with Gasteiger partial charge in [0, 0.05) is 23.6 Å². The highest BCUT2D eigenvalue weighted by Crippen LogP contribution is 2.39. The Balaban J connectivity index is 2.19. The van der Waals surface area contributed by atoms with Crippen LogP contribution in [0.15, 0.2) is 0 Å². The third kappa shape index (κ3) is 1.51. The Morgan fingerprint density at radius 3 is 2.54 bits per heavy atom. The lowest BCUT2D eigenvalue weighted by Crippen LogP contribution is -2.42. The van der Waals surface area contributed by atoms with E-state index >= 15 is 0 Å². The van der Waals surface area contributed by atoms with Crippen molar-refractivity contribution in [1.82, 2.24) is 4.31 Å². The summed E-state index contributed by atoms with van der Waals surface area (Å²) in [6, 6.07) is 0.294. The first kappa shape index (κ1) is 9.80. The molecule has 0 aromatic rings. The third-order valence-corrected chi connectivity index (χ3v) is 6.46. The molecule has 76 valence electrons. The summed E-state index contributed by atoms with van der Waals surface area (Å²) in [7, 11) is -2.99. The van der Waals surface area contributed by atoms with Gasteiger partial charge >= 0.3 is 0 Å². The highest BCUT2D eigenvalue weighted by Gasteiger charge is 2.44. The zero-order valence-corrected chi connectivity index (χ0v) is 9.57. The highest BCUT2D eigenvalue weighted by molar-refractivity contribution is 8.00. The lowest BCUT2D eigenvalue weighted by Gasteiger charge is -2.27. The molecule has 3 nitrogen and oxygen atoms in total. The number of thioether (sulfide) groups is 1. The predicted molar refractivity (Wildman–Crippen MR) is 55.4 cm³/mol. The van der Waals surface area contributed by atoms with Crippen LogP contribution in [0.3, 0.4) is 0 Å². The van der Waals surface area contributed by atoms with Gasteiger partial charge in [0.15, 0.2) is 0 Å². The second-order valence-corrected chi connectivity index (χ2v) is 7.78. The van der Waals surface area contributed by atoms with E-state index in [-0.39, 0.29) is 5.25 Å². The first-order chi connectivity index (χ1) is 6.01. The molecular weight excluding hydrogens is 206 g/mol. The van der Waals surface area contributed by atoms with Crippen LogP contribution in [0.1, 0.15) is 20.3 Å². The van der Waals surface area contributed by atoms with Gasteiger partial charge in [0.25, 0.3) is 0 Å². The molecule has 2 atom stereocenters. The lowest BCUT2D eigenvalue weighted by atomic mass is 10.3. The van der Waals surface area contributed by atoms with E-state index in [2.05, 4.69) is 0 Å². The van der Waals surface area contributed by atoms with Gasteiger partial charge in [0.2, 0.25) is 10.0 Å². The highest BCUT2D eigenvalue weighted by atomic mass is 32.2. The fourth-order valence-corrected chi connectivity index (χ4v) is 5.08. The van der Waals surface area contributed by atoms with Crippen molar-refractivity contribution < 1.29 is 8.42 Å². The van der Waals surface area contributed by atoms with Gasteiger partial charge in [-0.15, -0.1) is 0 Å². The minimum Gasteiger partial charge on any atom is -0.212 e. The van der Waals surface area contributed by atoms with Gasteiger partial charge in [-0.1, -0.05) is 0 Å². The van der Waals surface area contributed by atoms with Crippen molar-refractivity contribution in [2.24, 2.45) is 0 Å². The standard InChI is InChI=1S/C8H15NO2S2/c1-6(2)13(10,11)9-4-8-3-7(9)5-12-8/h6-8H,3-5H2,1-2H3. The molecule has 0 saturated carbocycles. The van der Waals surface area contributed by atoms with Gasteiger partial charge < -0.3 is 0 Å². The predicted octanol–water partition coefficient (Wildman–Crippen LogP) is 0.914. The number of hydrogen-bond donors (Lipinski definition) is 0. The SMILES string of the molecule is CC(C)S(=O)(=O)N1CC2CC1CS2. The fraction of sp³-hybridized carbons (Fsp3) is 1.00. The Bertz CT molecular complexity index is 299. The van der Waals surface area contributed by atoms with Crippen molar-refractivity contribution in [1.29, 1.82) is 0 Å². The maximum Gasteiger partial charge on any atom is 0.216 e. The van der Waals surface area contributed by atoms with Crippen LogP contribution in [0, 0.1) is 0 Å². The van der Waals surface area contributed by atoms with Gasteiger partial charge in [-0.25, -0.2) is 8.42 Å². The molecule has 0 radical (unpaired) electrons. The Hall–Kier alpha value is 0.260. The second-order valence-electron chi connectivity index (χ2n) is 4.01. The molecule has 5 heteroatoms. The zero-order chi connectivity index (χ0) is 9.64. The maximum absolute atomic E-state index is 11.8. The van der Waals surface area contributed by atoms with Crippen LogP contribution in [0.5, 0.6) is 0 Å². The monoisotopic (exact) mass is 221 g/mol.